The molecule has 1 aromatic carbocycles. The Hall–Kier alpha value is -1.62. The minimum Gasteiger partial charge on any atom is -0.508 e. The van der Waals surface area contributed by atoms with Gasteiger partial charge in [0.2, 0.25) is 0 Å². The minimum atomic E-state index is -0.712. The summed E-state index contributed by atoms with van der Waals surface area (Å²) in [5.74, 6) is -1.31. The van der Waals surface area contributed by atoms with Gasteiger partial charge in [-0.3, -0.25) is 4.79 Å². The molecule has 0 saturated carbocycles. The number of hydrogen-bond donors (Lipinski definition) is 1. The van der Waals surface area contributed by atoms with Crippen LogP contribution in [0.1, 0.15) is 16.8 Å². The van der Waals surface area contributed by atoms with Crippen molar-refractivity contribution in [1.82, 2.24) is 4.90 Å². The van der Waals surface area contributed by atoms with Crippen molar-refractivity contribution >= 4 is 5.91 Å². The van der Waals surface area contributed by atoms with Crippen molar-refractivity contribution in [3.8, 4) is 5.75 Å². The van der Waals surface area contributed by atoms with Crippen LogP contribution in [0.2, 0.25) is 0 Å². The van der Waals surface area contributed by atoms with Crippen LogP contribution in [-0.4, -0.2) is 35.8 Å². The van der Waals surface area contributed by atoms with Gasteiger partial charge in [0, 0.05) is 12.6 Å². The second-order valence-electron chi connectivity index (χ2n) is 3.62. The molecule has 0 spiro atoms. The normalized spacial score (nSPS) is 16.2. The summed E-state index contributed by atoms with van der Waals surface area (Å²) < 4.78 is 18.5. The Morgan fingerprint density at radius 1 is 1.50 bits per heavy atom. The van der Waals surface area contributed by atoms with Crippen molar-refractivity contribution in [3.05, 3.63) is 29.6 Å². The fourth-order valence-electron chi connectivity index (χ4n) is 1.60. The lowest BCUT2D eigenvalue weighted by molar-refractivity contribution is -0.00594. The van der Waals surface area contributed by atoms with E-state index in [0.29, 0.717) is 13.2 Å². The zero-order valence-electron chi connectivity index (χ0n) is 8.65. The Kier molecular flexibility index (Phi) is 3.05. The van der Waals surface area contributed by atoms with Crippen molar-refractivity contribution in [3.63, 3.8) is 0 Å². The number of carbonyl (C=O) groups excluding carboxylic acids is 1. The lowest BCUT2D eigenvalue weighted by atomic mass is 10.1. The van der Waals surface area contributed by atoms with E-state index in [1.165, 1.54) is 17.0 Å². The molecule has 5 heteroatoms. The van der Waals surface area contributed by atoms with E-state index in [2.05, 4.69) is 0 Å². The van der Waals surface area contributed by atoms with Gasteiger partial charge in [-0.25, -0.2) is 4.39 Å². The predicted octanol–water partition coefficient (Wildman–Crippen LogP) is 1.35. The second kappa shape index (κ2) is 4.49. The van der Waals surface area contributed by atoms with Gasteiger partial charge >= 0.3 is 0 Å². The Morgan fingerprint density at radius 3 is 2.94 bits per heavy atom. The highest BCUT2D eigenvalue weighted by molar-refractivity contribution is 5.94. The molecule has 1 amide bonds. The van der Waals surface area contributed by atoms with Crippen molar-refractivity contribution in [2.45, 2.75) is 6.42 Å². The largest absolute Gasteiger partial charge is 0.508 e. The van der Waals surface area contributed by atoms with Gasteiger partial charge in [0.05, 0.1) is 12.2 Å². The maximum Gasteiger partial charge on any atom is 0.258 e. The first kappa shape index (κ1) is 10.9. The SMILES string of the molecule is O=C(c1ccc(O)cc1F)N1CCCOC1. The minimum absolute atomic E-state index is 0.0386. The van der Waals surface area contributed by atoms with Gasteiger partial charge in [0.25, 0.3) is 5.91 Å². The zero-order valence-corrected chi connectivity index (χ0v) is 8.65. The molecule has 1 aliphatic rings. The number of ether oxygens (including phenoxy) is 1. The average Bonchev–Trinajstić information content (AvgIpc) is 2.29. The molecule has 0 bridgehead atoms. The molecule has 0 aliphatic carbocycles. The molecule has 86 valence electrons. The van der Waals surface area contributed by atoms with Gasteiger partial charge in [0.1, 0.15) is 18.3 Å². The summed E-state index contributed by atoms with van der Waals surface area (Å²) in [4.78, 5) is 13.3. The number of nitrogens with zero attached hydrogens (tertiary/aromatic N) is 1. The van der Waals surface area contributed by atoms with Crippen LogP contribution in [0.15, 0.2) is 18.2 Å². The lowest BCUT2D eigenvalue weighted by Crippen LogP contribution is -2.38. The van der Waals surface area contributed by atoms with E-state index in [0.717, 1.165) is 12.5 Å². The number of aromatic hydroxyl groups is 1. The molecule has 16 heavy (non-hydrogen) atoms. The molecule has 0 aromatic heterocycles. The number of rotatable bonds is 1. The summed E-state index contributed by atoms with van der Waals surface area (Å²) in [7, 11) is 0. The van der Waals surface area contributed by atoms with Crippen LogP contribution < -0.4 is 0 Å². The lowest BCUT2D eigenvalue weighted by Gasteiger charge is -2.26. The molecule has 1 N–H and O–H groups in total. The summed E-state index contributed by atoms with van der Waals surface area (Å²) in [6.45, 7) is 1.39. The fourth-order valence-corrected chi connectivity index (χ4v) is 1.60. The first-order valence-corrected chi connectivity index (χ1v) is 5.04. The smallest absolute Gasteiger partial charge is 0.258 e. The maximum atomic E-state index is 13.4. The summed E-state index contributed by atoms with van der Waals surface area (Å²) in [5, 5.41) is 9.04. The maximum absolute atomic E-state index is 13.4. The van der Waals surface area contributed by atoms with Crippen molar-refractivity contribution in [1.29, 1.82) is 0 Å². The molecule has 1 saturated heterocycles. The molecule has 2 rings (SSSR count). The Morgan fingerprint density at radius 2 is 2.31 bits per heavy atom. The van der Waals surface area contributed by atoms with Gasteiger partial charge in [-0.05, 0) is 18.6 Å². The van der Waals surface area contributed by atoms with Gasteiger partial charge in [0.15, 0.2) is 0 Å². The van der Waals surface area contributed by atoms with Crippen LogP contribution in [0.5, 0.6) is 5.75 Å². The van der Waals surface area contributed by atoms with Crippen LogP contribution in [0.3, 0.4) is 0 Å². The second-order valence-corrected chi connectivity index (χ2v) is 3.62. The van der Waals surface area contributed by atoms with E-state index in [1.54, 1.807) is 0 Å². The van der Waals surface area contributed by atoms with Crippen molar-refractivity contribution < 1.29 is 19.0 Å². The van der Waals surface area contributed by atoms with E-state index in [1.807, 2.05) is 0 Å². The standard InChI is InChI=1S/C11H12FNO3/c12-10-6-8(14)2-3-9(10)11(15)13-4-1-5-16-7-13/h2-3,6,14H,1,4-5,7H2. The molecule has 1 fully saturated rings. The van der Waals surface area contributed by atoms with Crippen LogP contribution in [0.25, 0.3) is 0 Å². The zero-order chi connectivity index (χ0) is 11.5. The molecule has 1 aliphatic heterocycles. The topological polar surface area (TPSA) is 49.8 Å². The van der Waals surface area contributed by atoms with E-state index < -0.39 is 11.7 Å². The molecular formula is C11H12FNO3. The van der Waals surface area contributed by atoms with Crippen LogP contribution in [0.4, 0.5) is 4.39 Å². The highest BCUT2D eigenvalue weighted by atomic mass is 19.1. The van der Waals surface area contributed by atoms with E-state index in [4.69, 9.17) is 9.84 Å². The average molecular weight is 225 g/mol. The Balaban J connectivity index is 2.19. The van der Waals surface area contributed by atoms with Gasteiger partial charge in [-0.2, -0.15) is 0 Å². The number of benzene rings is 1. The third-order valence-electron chi connectivity index (χ3n) is 2.43. The summed E-state index contributed by atoms with van der Waals surface area (Å²) in [6.07, 6.45) is 0.755. The number of hydrogen-bond acceptors (Lipinski definition) is 3. The number of halogens is 1. The third kappa shape index (κ3) is 2.14. The highest BCUT2D eigenvalue weighted by Crippen LogP contribution is 2.17. The van der Waals surface area contributed by atoms with Crippen LogP contribution in [0, 0.1) is 5.82 Å². The molecule has 4 nitrogen and oxygen atoms in total. The fraction of sp³-hybridized carbons (Fsp3) is 0.364. The van der Waals surface area contributed by atoms with E-state index >= 15 is 0 Å². The van der Waals surface area contributed by atoms with Gasteiger partial charge in [-0.1, -0.05) is 0 Å². The number of phenolic OH excluding ortho intramolecular Hbond substituents is 1. The first-order chi connectivity index (χ1) is 7.68. The van der Waals surface area contributed by atoms with Crippen molar-refractivity contribution in [2.75, 3.05) is 19.9 Å². The first-order valence-electron chi connectivity index (χ1n) is 5.04. The molecule has 0 unspecified atom stereocenters. The van der Waals surface area contributed by atoms with Crippen molar-refractivity contribution in [2.24, 2.45) is 0 Å². The van der Waals surface area contributed by atoms with Gasteiger partial charge in [-0.15, -0.1) is 0 Å². The molecule has 0 atom stereocenters. The summed E-state index contributed by atoms with van der Waals surface area (Å²) in [5.41, 5.74) is -0.0386. The molecule has 1 aromatic rings. The summed E-state index contributed by atoms with van der Waals surface area (Å²) in [6, 6.07) is 3.50. The van der Waals surface area contributed by atoms with Gasteiger partial charge < -0.3 is 14.7 Å². The quantitative estimate of drug-likeness (QED) is 0.784. The summed E-state index contributed by atoms with van der Waals surface area (Å²) >= 11 is 0. The van der Waals surface area contributed by atoms with Crippen LogP contribution in [-0.2, 0) is 4.74 Å². The monoisotopic (exact) mass is 225 g/mol. The number of amides is 1. The Bertz CT molecular complexity index is 402. The Labute approximate surface area is 92.2 Å². The van der Waals surface area contributed by atoms with E-state index in [-0.39, 0.29) is 18.0 Å². The van der Waals surface area contributed by atoms with E-state index in [9.17, 15) is 9.18 Å². The number of phenols is 1. The molecule has 0 radical (unpaired) electrons. The molecular weight excluding hydrogens is 213 g/mol. The number of carbonyl (C=O) groups is 1. The molecule has 1 heterocycles. The highest BCUT2D eigenvalue weighted by Gasteiger charge is 2.21. The predicted molar refractivity (Wildman–Crippen MR) is 54.5 cm³/mol. The third-order valence-corrected chi connectivity index (χ3v) is 2.43. The van der Waals surface area contributed by atoms with Crippen LogP contribution >= 0.6 is 0 Å².